The molecular weight excluding hydrogens is 266 g/mol. The molecule has 0 aromatic carbocycles. The van der Waals surface area contributed by atoms with Crippen molar-refractivity contribution >= 4 is 11.6 Å². The third-order valence-corrected chi connectivity index (χ3v) is 3.56. The Labute approximate surface area is 116 Å². The summed E-state index contributed by atoms with van der Waals surface area (Å²) in [7, 11) is 0. The first-order valence-corrected chi connectivity index (χ1v) is 6.80. The van der Waals surface area contributed by atoms with E-state index in [2.05, 4.69) is 10.4 Å². The number of nitrogens with zero attached hydrogens (tertiary/aromatic N) is 2. The lowest BCUT2D eigenvalue weighted by molar-refractivity contribution is 0.167. The first-order valence-electron chi connectivity index (χ1n) is 6.80. The third kappa shape index (κ3) is 3.16. The minimum atomic E-state index is -0.821. The second kappa shape index (κ2) is 6.32. The number of pyridine rings is 1. The van der Waals surface area contributed by atoms with E-state index >= 15 is 0 Å². The molecule has 1 aliphatic heterocycles. The van der Waals surface area contributed by atoms with Crippen molar-refractivity contribution < 1.29 is 13.9 Å². The van der Waals surface area contributed by atoms with E-state index in [1.54, 1.807) is 11.8 Å². The minimum absolute atomic E-state index is 0.00170. The smallest absolute Gasteiger partial charge is 0.178 e. The lowest BCUT2D eigenvalue weighted by atomic mass is 9.97. The molecule has 4 N–H and O–H groups in total. The van der Waals surface area contributed by atoms with Crippen molar-refractivity contribution in [1.82, 2.24) is 4.98 Å². The highest BCUT2D eigenvalue weighted by Gasteiger charge is 2.27. The summed E-state index contributed by atoms with van der Waals surface area (Å²) >= 11 is 0. The van der Waals surface area contributed by atoms with Gasteiger partial charge in [0.15, 0.2) is 23.3 Å². The van der Waals surface area contributed by atoms with Crippen LogP contribution in [0.4, 0.5) is 20.4 Å². The number of nitrogen functional groups attached to an aromatic ring is 1. The van der Waals surface area contributed by atoms with Crippen molar-refractivity contribution in [2.24, 2.45) is 5.84 Å². The molecule has 0 bridgehead atoms. The van der Waals surface area contributed by atoms with Crippen LogP contribution in [-0.2, 0) is 0 Å². The Hall–Kier alpha value is -1.47. The van der Waals surface area contributed by atoms with Gasteiger partial charge in [0.25, 0.3) is 0 Å². The SMILES string of the molecule is CC(O)CC1CCCCN1c1nc(NN)c(F)cc1F. The molecule has 20 heavy (non-hydrogen) atoms. The molecule has 2 unspecified atom stereocenters. The van der Waals surface area contributed by atoms with Crippen molar-refractivity contribution in [1.29, 1.82) is 0 Å². The fourth-order valence-corrected chi connectivity index (χ4v) is 2.68. The molecule has 0 radical (unpaired) electrons. The lowest BCUT2D eigenvalue weighted by Gasteiger charge is -2.37. The number of hydrogen-bond donors (Lipinski definition) is 3. The van der Waals surface area contributed by atoms with E-state index in [0.717, 1.165) is 25.3 Å². The van der Waals surface area contributed by atoms with Gasteiger partial charge in [-0.3, -0.25) is 0 Å². The van der Waals surface area contributed by atoms with Crippen molar-refractivity contribution in [3.8, 4) is 0 Å². The number of hydrazine groups is 1. The van der Waals surface area contributed by atoms with Crippen LogP contribution < -0.4 is 16.2 Å². The number of piperidine rings is 1. The Morgan fingerprint density at radius 3 is 2.90 bits per heavy atom. The zero-order chi connectivity index (χ0) is 14.7. The van der Waals surface area contributed by atoms with Crippen molar-refractivity contribution in [3.05, 3.63) is 17.7 Å². The summed E-state index contributed by atoms with van der Waals surface area (Å²) in [5, 5.41) is 9.55. The lowest BCUT2D eigenvalue weighted by Crippen LogP contribution is -2.42. The number of halogens is 2. The topological polar surface area (TPSA) is 74.4 Å². The predicted octanol–water partition coefficient (Wildman–Crippen LogP) is 1.78. The molecule has 0 aliphatic carbocycles. The van der Waals surface area contributed by atoms with Gasteiger partial charge in [0.1, 0.15) is 0 Å². The van der Waals surface area contributed by atoms with Crippen LogP contribution in [0.15, 0.2) is 6.07 Å². The molecule has 1 aromatic heterocycles. The van der Waals surface area contributed by atoms with Crippen LogP contribution in [0, 0.1) is 11.6 Å². The van der Waals surface area contributed by atoms with Gasteiger partial charge in [0, 0.05) is 18.7 Å². The van der Waals surface area contributed by atoms with Gasteiger partial charge in [-0.15, -0.1) is 0 Å². The van der Waals surface area contributed by atoms with E-state index in [9.17, 15) is 13.9 Å². The van der Waals surface area contributed by atoms with Gasteiger partial charge in [0.2, 0.25) is 0 Å². The fourth-order valence-electron chi connectivity index (χ4n) is 2.68. The maximum Gasteiger partial charge on any atom is 0.178 e. The van der Waals surface area contributed by atoms with Crippen LogP contribution in [0.2, 0.25) is 0 Å². The number of nitrogens with one attached hydrogen (secondary N) is 1. The van der Waals surface area contributed by atoms with Gasteiger partial charge < -0.3 is 15.4 Å². The van der Waals surface area contributed by atoms with Gasteiger partial charge in [-0.05, 0) is 32.6 Å². The quantitative estimate of drug-likeness (QED) is 0.581. The highest BCUT2D eigenvalue weighted by atomic mass is 19.1. The molecule has 112 valence electrons. The number of hydrogen-bond acceptors (Lipinski definition) is 5. The summed E-state index contributed by atoms with van der Waals surface area (Å²) in [6.45, 7) is 2.34. The Kier molecular flexibility index (Phi) is 4.72. The van der Waals surface area contributed by atoms with E-state index in [-0.39, 0.29) is 17.7 Å². The largest absolute Gasteiger partial charge is 0.393 e. The minimum Gasteiger partial charge on any atom is -0.393 e. The Bertz CT molecular complexity index is 470. The second-order valence-corrected chi connectivity index (χ2v) is 5.20. The molecule has 0 spiro atoms. The molecule has 2 rings (SSSR count). The van der Waals surface area contributed by atoms with Gasteiger partial charge in [0.05, 0.1) is 6.10 Å². The van der Waals surface area contributed by atoms with Crippen molar-refractivity contribution in [2.45, 2.75) is 44.8 Å². The van der Waals surface area contributed by atoms with Crippen LogP contribution >= 0.6 is 0 Å². The molecule has 5 nitrogen and oxygen atoms in total. The second-order valence-electron chi connectivity index (χ2n) is 5.20. The molecule has 2 heterocycles. The van der Waals surface area contributed by atoms with Crippen LogP contribution in [0.3, 0.4) is 0 Å². The fraction of sp³-hybridized carbons (Fsp3) is 0.615. The van der Waals surface area contributed by atoms with Gasteiger partial charge in [-0.25, -0.2) is 19.6 Å². The molecule has 0 saturated carbocycles. The van der Waals surface area contributed by atoms with Crippen LogP contribution in [-0.4, -0.2) is 28.8 Å². The molecule has 7 heteroatoms. The summed E-state index contributed by atoms with van der Waals surface area (Å²) in [5.74, 6) is 3.56. The standard InChI is InChI=1S/C13H20F2N4O/c1-8(20)6-9-4-2-3-5-19(9)13-11(15)7-10(14)12(17-13)18-16/h7-9,20H,2-6,16H2,1H3,(H,17,18). The summed E-state index contributed by atoms with van der Waals surface area (Å²) in [6.07, 6.45) is 2.86. The van der Waals surface area contributed by atoms with Crippen molar-refractivity contribution in [3.63, 3.8) is 0 Å². The molecular formula is C13H20F2N4O. The number of aromatic nitrogens is 1. The van der Waals surface area contributed by atoms with E-state index in [1.807, 2.05) is 0 Å². The highest BCUT2D eigenvalue weighted by Crippen LogP contribution is 2.29. The summed E-state index contributed by atoms with van der Waals surface area (Å²) in [4.78, 5) is 5.73. The average molecular weight is 286 g/mol. The van der Waals surface area contributed by atoms with Crippen molar-refractivity contribution in [2.75, 3.05) is 16.9 Å². The Balaban J connectivity index is 2.31. The normalized spacial score (nSPS) is 20.9. The van der Waals surface area contributed by atoms with Crippen LogP contribution in [0.5, 0.6) is 0 Å². The maximum absolute atomic E-state index is 14.0. The Morgan fingerprint density at radius 2 is 2.25 bits per heavy atom. The number of aliphatic hydroxyl groups excluding tert-OH is 1. The zero-order valence-corrected chi connectivity index (χ0v) is 11.4. The number of anilines is 2. The van der Waals surface area contributed by atoms with E-state index in [0.29, 0.717) is 13.0 Å². The first-order chi connectivity index (χ1) is 9.52. The monoisotopic (exact) mass is 286 g/mol. The van der Waals surface area contributed by atoms with Gasteiger partial charge >= 0.3 is 0 Å². The summed E-state index contributed by atoms with van der Waals surface area (Å²) in [6, 6.07) is 0.785. The van der Waals surface area contributed by atoms with Crippen LogP contribution in [0.25, 0.3) is 0 Å². The Morgan fingerprint density at radius 1 is 1.50 bits per heavy atom. The van der Waals surface area contributed by atoms with Gasteiger partial charge in [-0.1, -0.05) is 0 Å². The van der Waals surface area contributed by atoms with Gasteiger partial charge in [-0.2, -0.15) is 0 Å². The summed E-state index contributed by atoms with van der Waals surface area (Å²) < 4.78 is 27.4. The number of aliphatic hydroxyl groups is 1. The molecule has 2 atom stereocenters. The van der Waals surface area contributed by atoms with E-state index in [4.69, 9.17) is 5.84 Å². The zero-order valence-electron chi connectivity index (χ0n) is 11.4. The summed E-state index contributed by atoms with van der Waals surface area (Å²) in [5.41, 5.74) is 2.13. The van der Waals surface area contributed by atoms with E-state index < -0.39 is 17.7 Å². The maximum atomic E-state index is 14.0. The number of rotatable bonds is 4. The molecule has 0 amide bonds. The molecule has 1 saturated heterocycles. The molecule has 1 aliphatic rings. The molecule has 1 fully saturated rings. The number of nitrogens with two attached hydrogens (primary N) is 1. The van der Waals surface area contributed by atoms with E-state index in [1.165, 1.54) is 0 Å². The highest BCUT2D eigenvalue weighted by molar-refractivity contribution is 5.49. The average Bonchev–Trinajstić information content (AvgIpc) is 2.39. The molecule has 1 aromatic rings. The van der Waals surface area contributed by atoms with Crippen LogP contribution in [0.1, 0.15) is 32.6 Å². The predicted molar refractivity (Wildman–Crippen MR) is 73.2 cm³/mol. The third-order valence-electron chi connectivity index (χ3n) is 3.56. The first kappa shape index (κ1) is 14.9.